The minimum absolute atomic E-state index is 0.247. The normalized spacial score (nSPS) is 16.7. The predicted molar refractivity (Wildman–Crippen MR) is 120 cm³/mol. The summed E-state index contributed by atoms with van der Waals surface area (Å²) in [5, 5.41) is 10.2. The number of methoxy groups -OCH3 is 2. The van der Waals surface area contributed by atoms with Crippen LogP contribution < -0.4 is 10.1 Å². The van der Waals surface area contributed by atoms with Crippen molar-refractivity contribution in [2.45, 2.75) is 13.0 Å². The van der Waals surface area contributed by atoms with Gasteiger partial charge >= 0.3 is 0 Å². The first-order valence-corrected chi connectivity index (χ1v) is 10.7. The van der Waals surface area contributed by atoms with Crippen molar-refractivity contribution in [1.82, 2.24) is 20.4 Å². The number of hydrogen-bond acceptors (Lipinski definition) is 7. The van der Waals surface area contributed by atoms with E-state index in [4.69, 9.17) is 26.2 Å². The lowest BCUT2D eigenvalue weighted by atomic mass is 9.94. The highest BCUT2D eigenvalue weighted by Crippen LogP contribution is 2.38. The highest BCUT2D eigenvalue weighted by atomic mass is 32.1. The van der Waals surface area contributed by atoms with Gasteiger partial charge in [-0.3, -0.25) is 0 Å². The molecule has 2 aromatic heterocycles. The molecular formula is C21H22N4O3S2. The summed E-state index contributed by atoms with van der Waals surface area (Å²) in [4.78, 5) is 7.64. The average molecular weight is 443 g/mol. The third kappa shape index (κ3) is 3.96. The molecule has 0 fully saturated rings. The Morgan fingerprint density at radius 1 is 1.27 bits per heavy atom. The summed E-state index contributed by atoms with van der Waals surface area (Å²) in [5.41, 5.74) is 2.82. The molecule has 0 saturated carbocycles. The zero-order valence-electron chi connectivity index (χ0n) is 16.9. The maximum atomic E-state index is 5.71. The molecule has 1 aliphatic heterocycles. The number of thiophene rings is 1. The van der Waals surface area contributed by atoms with Gasteiger partial charge in [-0.15, -0.1) is 11.3 Å². The molecule has 7 nitrogen and oxygen atoms in total. The Bertz CT molecular complexity index is 1060. The lowest BCUT2D eigenvalue weighted by Crippen LogP contribution is -2.47. The van der Waals surface area contributed by atoms with Crippen molar-refractivity contribution in [3.63, 3.8) is 0 Å². The monoisotopic (exact) mass is 442 g/mol. The number of nitrogens with one attached hydrogen (secondary N) is 1. The summed E-state index contributed by atoms with van der Waals surface area (Å²) in [6.45, 7) is 3.18. The molecule has 0 bridgehead atoms. The van der Waals surface area contributed by atoms with Crippen LogP contribution in [0.3, 0.4) is 0 Å². The van der Waals surface area contributed by atoms with Crippen LogP contribution in [-0.4, -0.2) is 47.5 Å². The van der Waals surface area contributed by atoms with Crippen LogP contribution in [0.25, 0.3) is 16.3 Å². The molecule has 3 aromatic rings. The molecule has 0 amide bonds. The molecule has 1 aromatic carbocycles. The molecule has 1 unspecified atom stereocenters. The molecule has 30 heavy (non-hydrogen) atoms. The van der Waals surface area contributed by atoms with Crippen LogP contribution in [0.1, 0.15) is 24.4 Å². The zero-order chi connectivity index (χ0) is 21.1. The number of thiocarbonyl (C=S) groups is 1. The van der Waals surface area contributed by atoms with E-state index < -0.39 is 0 Å². The number of nitrogens with zero attached hydrogens (tertiary/aromatic N) is 3. The highest BCUT2D eigenvalue weighted by Gasteiger charge is 2.34. The topological polar surface area (TPSA) is 72.7 Å². The Labute approximate surface area is 184 Å². The van der Waals surface area contributed by atoms with Gasteiger partial charge in [-0.2, -0.15) is 4.98 Å². The van der Waals surface area contributed by atoms with Gasteiger partial charge in [0.15, 0.2) is 5.11 Å². The number of aromatic nitrogens is 2. The predicted octanol–water partition coefficient (Wildman–Crippen LogP) is 4.12. The molecular weight excluding hydrogens is 420 g/mol. The van der Waals surface area contributed by atoms with Crippen molar-refractivity contribution in [3.05, 3.63) is 58.9 Å². The third-order valence-corrected chi connectivity index (χ3v) is 6.14. The fraction of sp³-hybridized carbons (Fsp3) is 0.286. The SMILES string of the molecule is COCCN1C(=S)NC(c2cccc(OC)c2)C(c2nc(-c3cccs3)no2)=C1C. The van der Waals surface area contributed by atoms with Crippen LogP contribution in [-0.2, 0) is 4.74 Å². The standard InChI is InChI=1S/C21H22N4O3S2/c1-13-17(20-23-19(24-28-20)16-8-5-11-30-16)18(14-6-4-7-15(12-14)27-3)22-21(29)25(13)9-10-26-2/h4-8,11-12,18H,9-10H2,1-3H3,(H,22,29). The van der Waals surface area contributed by atoms with Crippen molar-refractivity contribution in [3.8, 4) is 16.5 Å². The van der Waals surface area contributed by atoms with Gasteiger partial charge in [0.25, 0.3) is 5.89 Å². The first-order valence-electron chi connectivity index (χ1n) is 9.42. The molecule has 156 valence electrons. The number of rotatable bonds is 7. The van der Waals surface area contributed by atoms with E-state index >= 15 is 0 Å². The van der Waals surface area contributed by atoms with Crippen LogP contribution in [0.2, 0.25) is 0 Å². The van der Waals surface area contributed by atoms with Gasteiger partial charge in [0.1, 0.15) is 5.75 Å². The lowest BCUT2D eigenvalue weighted by Gasteiger charge is -2.37. The number of ether oxygens (including phenoxy) is 2. The van der Waals surface area contributed by atoms with Crippen molar-refractivity contribution in [1.29, 1.82) is 0 Å². The van der Waals surface area contributed by atoms with Crippen molar-refractivity contribution < 1.29 is 14.0 Å². The van der Waals surface area contributed by atoms with Gasteiger partial charge in [-0.05, 0) is 48.3 Å². The summed E-state index contributed by atoms with van der Waals surface area (Å²) in [5.74, 6) is 1.80. The van der Waals surface area contributed by atoms with E-state index in [0.717, 1.165) is 27.5 Å². The fourth-order valence-electron chi connectivity index (χ4n) is 3.42. The molecule has 4 rings (SSSR count). The summed E-state index contributed by atoms with van der Waals surface area (Å²) < 4.78 is 16.4. The van der Waals surface area contributed by atoms with Crippen LogP contribution >= 0.6 is 23.6 Å². The summed E-state index contributed by atoms with van der Waals surface area (Å²) in [6.07, 6.45) is 0. The molecule has 1 aliphatic rings. The molecule has 3 heterocycles. The van der Waals surface area contributed by atoms with E-state index in [1.807, 2.05) is 53.6 Å². The van der Waals surface area contributed by atoms with Gasteiger partial charge in [-0.1, -0.05) is 23.4 Å². The highest BCUT2D eigenvalue weighted by molar-refractivity contribution is 7.80. The van der Waals surface area contributed by atoms with Gasteiger partial charge in [0.05, 0.1) is 30.2 Å². The zero-order valence-corrected chi connectivity index (χ0v) is 18.5. The maximum absolute atomic E-state index is 5.71. The Balaban J connectivity index is 1.80. The second kappa shape index (κ2) is 8.95. The van der Waals surface area contributed by atoms with Gasteiger partial charge in [0.2, 0.25) is 5.82 Å². The number of hydrogen-bond donors (Lipinski definition) is 1. The van der Waals surface area contributed by atoms with Crippen LogP contribution in [0.15, 0.2) is 52.0 Å². The van der Waals surface area contributed by atoms with E-state index in [2.05, 4.69) is 15.5 Å². The van der Waals surface area contributed by atoms with Gasteiger partial charge in [-0.25, -0.2) is 0 Å². The second-order valence-electron chi connectivity index (χ2n) is 6.70. The smallest absolute Gasteiger partial charge is 0.258 e. The molecule has 0 radical (unpaired) electrons. The van der Waals surface area contributed by atoms with E-state index in [1.165, 1.54) is 0 Å². The van der Waals surface area contributed by atoms with Gasteiger partial charge < -0.3 is 24.2 Å². The van der Waals surface area contributed by atoms with Crippen molar-refractivity contribution in [2.75, 3.05) is 27.4 Å². The Morgan fingerprint density at radius 2 is 2.13 bits per heavy atom. The molecule has 0 spiro atoms. The van der Waals surface area contributed by atoms with E-state index in [0.29, 0.717) is 30.0 Å². The Kier molecular flexibility index (Phi) is 6.12. The molecule has 0 saturated heterocycles. The molecule has 9 heteroatoms. The van der Waals surface area contributed by atoms with Crippen molar-refractivity contribution in [2.24, 2.45) is 0 Å². The average Bonchev–Trinajstić information content (AvgIpc) is 3.45. The number of benzene rings is 1. The first-order chi connectivity index (χ1) is 14.6. The Hall–Kier alpha value is -2.75. The maximum Gasteiger partial charge on any atom is 0.258 e. The summed E-state index contributed by atoms with van der Waals surface area (Å²) in [7, 11) is 3.32. The van der Waals surface area contributed by atoms with Crippen LogP contribution in [0.5, 0.6) is 5.75 Å². The molecule has 1 N–H and O–H groups in total. The van der Waals surface area contributed by atoms with Crippen LogP contribution in [0, 0.1) is 0 Å². The molecule has 0 aliphatic carbocycles. The first kappa shape index (κ1) is 20.5. The van der Waals surface area contributed by atoms with Gasteiger partial charge in [0, 0.05) is 19.4 Å². The largest absolute Gasteiger partial charge is 0.497 e. The third-order valence-electron chi connectivity index (χ3n) is 4.94. The molecule has 1 atom stereocenters. The second-order valence-corrected chi connectivity index (χ2v) is 8.04. The lowest BCUT2D eigenvalue weighted by molar-refractivity contribution is 0.183. The van der Waals surface area contributed by atoms with E-state index in [9.17, 15) is 0 Å². The van der Waals surface area contributed by atoms with Crippen LogP contribution in [0.4, 0.5) is 0 Å². The van der Waals surface area contributed by atoms with E-state index in [-0.39, 0.29) is 6.04 Å². The minimum atomic E-state index is -0.247. The van der Waals surface area contributed by atoms with E-state index in [1.54, 1.807) is 25.6 Å². The summed E-state index contributed by atoms with van der Waals surface area (Å²) in [6, 6.07) is 11.6. The van der Waals surface area contributed by atoms with Crippen molar-refractivity contribution >= 4 is 34.2 Å². The number of allylic oxidation sites excluding steroid dienone is 1. The Morgan fingerprint density at radius 3 is 2.87 bits per heavy atom. The fourth-order valence-corrected chi connectivity index (χ4v) is 4.42. The summed E-state index contributed by atoms with van der Waals surface area (Å²) >= 11 is 7.23. The quantitative estimate of drug-likeness (QED) is 0.548. The minimum Gasteiger partial charge on any atom is -0.497 e.